The molecule has 1 aromatic heterocycles. The first-order chi connectivity index (χ1) is 9.20. The first-order valence-electron chi connectivity index (χ1n) is 7.15. The van der Waals surface area contributed by atoms with Gasteiger partial charge in [-0.25, -0.2) is 0 Å². The summed E-state index contributed by atoms with van der Waals surface area (Å²) in [6.45, 7) is 6.12. The van der Waals surface area contributed by atoms with Crippen LogP contribution >= 0.6 is 0 Å². The van der Waals surface area contributed by atoms with Gasteiger partial charge >= 0.3 is 0 Å². The molecule has 5 nitrogen and oxygen atoms in total. The molecule has 1 atom stereocenters. The minimum Gasteiger partial charge on any atom is -0.354 e. The highest BCUT2D eigenvalue weighted by Crippen LogP contribution is 2.19. The second kappa shape index (κ2) is 6.82. The third-order valence-corrected chi connectivity index (χ3v) is 3.66. The zero-order valence-corrected chi connectivity index (χ0v) is 12.3. The second-order valence-electron chi connectivity index (χ2n) is 5.41. The molecule has 0 radical (unpaired) electrons. The van der Waals surface area contributed by atoms with Gasteiger partial charge in [0.2, 0.25) is 0 Å². The molecule has 1 aromatic rings. The van der Waals surface area contributed by atoms with Crippen molar-refractivity contribution in [2.45, 2.75) is 32.4 Å². The van der Waals surface area contributed by atoms with Crippen LogP contribution in [0.4, 0.5) is 5.82 Å². The lowest BCUT2D eigenvalue weighted by Gasteiger charge is -2.20. The fraction of sp³-hybridized carbons (Fsp3) is 0.714. The van der Waals surface area contributed by atoms with Crippen LogP contribution < -0.4 is 10.2 Å². The van der Waals surface area contributed by atoms with E-state index in [1.807, 2.05) is 0 Å². The normalized spacial score (nSPS) is 19.4. The van der Waals surface area contributed by atoms with Crippen LogP contribution in [0.25, 0.3) is 0 Å². The number of hydrogen-bond acceptors (Lipinski definition) is 5. The third-order valence-electron chi connectivity index (χ3n) is 3.66. The summed E-state index contributed by atoms with van der Waals surface area (Å²) in [6, 6.07) is 4.80. The lowest BCUT2D eigenvalue weighted by atomic mass is 10.2. The van der Waals surface area contributed by atoms with Crippen molar-refractivity contribution in [2.75, 3.05) is 38.6 Å². The van der Waals surface area contributed by atoms with E-state index in [0.29, 0.717) is 6.04 Å². The van der Waals surface area contributed by atoms with Gasteiger partial charge in [-0.3, -0.25) is 0 Å². The van der Waals surface area contributed by atoms with Gasteiger partial charge in [0.25, 0.3) is 0 Å². The lowest BCUT2D eigenvalue weighted by molar-refractivity contribution is 0.315. The first kappa shape index (κ1) is 14.2. The summed E-state index contributed by atoms with van der Waals surface area (Å²) < 4.78 is 0. The molecule has 1 saturated heterocycles. The Hall–Kier alpha value is -1.20. The van der Waals surface area contributed by atoms with Gasteiger partial charge in [-0.15, -0.1) is 5.10 Å². The molecule has 1 aliphatic heterocycles. The summed E-state index contributed by atoms with van der Waals surface area (Å²) in [5, 5.41) is 12.0. The van der Waals surface area contributed by atoms with Crippen molar-refractivity contribution in [1.82, 2.24) is 20.4 Å². The molecule has 1 N–H and O–H groups in total. The molecule has 0 bridgehead atoms. The van der Waals surface area contributed by atoms with Crippen LogP contribution in [0.2, 0.25) is 0 Å². The Morgan fingerprint density at radius 3 is 2.79 bits per heavy atom. The zero-order chi connectivity index (χ0) is 13.7. The minimum absolute atomic E-state index is 0.632. The van der Waals surface area contributed by atoms with Gasteiger partial charge in [-0.2, -0.15) is 5.10 Å². The van der Waals surface area contributed by atoms with Gasteiger partial charge in [0, 0.05) is 25.7 Å². The number of nitrogens with zero attached hydrogens (tertiary/aromatic N) is 4. The van der Waals surface area contributed by atoms with Crippen LogP contribution in [0.5, 0.6) is 0 Å². The molecule has 1 fully saturated rings. The fourth-order valence-electron chi connectivity index (χ4n) is 2.38. The Kier molecular flexibility index (Phi) is 5.10. The molecule has 0 saturated carbocycles. The average Bonchev–Trinajstić information content (AvgIpc) is 2.90. The van der Waals surface area contributed by atoms with Crippen LogP contribution in [0.3, 0.4) is 0 Å². The third kappa shape index (κ3) is 3.88. The average molecular weight is 263 g/mol. The van der Waals surface area contributed by atoms with Gasteiger partial charge in [0.15, 0.2) is 5.82 Å². The van der Waals surface area contributed by atoms with Crippen LogP contribution in [-0.4, -0.2) is 54.9 Å². The Labute approximate surface area is 116 Å². The van der Waals surface area contributed by atoms with Gasteiger partial charge in [-0.1, -0.05) is 6.92 Å². The van der Waals surface area contributed by atoms with E-state index in [2.05, 4.69) is 58.5 Å². The monoisotopic (exact) mass is 263 g/mol. The van der Waals surface area contributed by atoms with E-state index < -0.39 is 0 Å². The predicted octanol–water partition coefficient (Wildman–Crippen LogP) is 1.12. The quantitative estimate of drug-likeness (QED) is 0.779. The molecule has 19 heavy (non-hydrogen) atoms. The molecular formula is C14H25N5. The lowest BCUT2D eigenvalue weighted by Crippen LogP contribution is -2.31. The van der Waals surface area contributed by atoms with E-state index in [4.69, 9.17) is 0 Å². The molecule has 0 spiro atoms. The summed E-state index contributed by atoms with van der Waals surface area (Å²) in [4.78, 5) is 4.61. The van der Waals surface area contributed by atoms with E-state index >= 15 is 0 Å². The number of rotatable bonds is 6. The molecule has 5 heteroatoms. The second-order valence-corrected chi connectivity index (χ2v) is 5.41. The number of anilines is 1. The topological polar surface area (TPSA) is 44.3 Å². The van der Waals surface area contributed by atoms with Gasteiger partial charge in [0.05, 0.1) is 5.69 Å². The number of aromatic nitrogens is 2. The highest BCUT2D eigenvalue weighted by Gasteiger charge is 2.24. The van der Waals surface area contributed by atoms with Crippen LogP contribution in [0.15, 0.2) is 12.1 Å². The minimum atomic E-state index is 0.632. The molecule has 1 unspecified atom stereocenters. The van der Waals surface area contributed by atoms with Crippen LogP contribution in [-0.2, 0) is 6.54 Å². The van der Waals surface area contributed by atoms with E-state index in [0.717, 1.165) is 44.1 Å². The Morgan fingerprint density at radius 1 is 1.37 bits per heavy atom. The van der Waals surface area contributed by atoms with E-state index in [1.165, 1.54) is 6.42 Å². The summed E-state index contributed by atoms with van der Waals surface area (Å²) >= 11 is 0. The molecule has 2 rings (SSSR count). The maximum absolute atomic E-state index is 4.35. The van der Waals surface area contributed by atoms with Crippen molar-refractivity contribution in [3.8, 4) is 0 Å². The highest BCUT2D eigenvalue weighted by atomic mass is 15.3. The standard InChI is InChI=1S/C14H25N5/c1-4-8-15-10-12-5-6-14(17-16-12)19-9-7-13(11-19)18(2)3/h5-6,13,15H,4,7-11H2,1-3H3. The summed E-state index contributed by atoms with van der Waals surface area (Å²) in [6.07, 6.45) is 2.35. The van der Waals surface area contributed by atoms with Gasteiger partial charge in [0.1, 0.15) is 0 Å². The smallest absolute Gasteiger partial charge is 0.151 e. The number of likely N-dealkylation sites (N-methyl/N-ethyl adjacent to an activating group) is 1. The summed E-state index contributed by atoms with van der Waals surface area (Å²) in [5.74, 6) is 1.00. The zero-order valence-electron chi connectivity index (χ0n) is 12.3. The first-order valence-corrected chi connectivity index (χ1v) is 7.15. The van der Waals surface area contributed by atoms with E-state index in [9.17, 15) is 0 Å². The van der Waals surface area contributed by atoms with Crippen LogP contribution in [0, 0.1) is 0 Å². The Balaban J connectivity index is 1.88. The molecule has 2 heterocycles. The maximum Gasteiger partial charge on any atom is 0.151 e. The number of hydrogen-bond donors (Lipinski definition) is 1. The molecule has 106 valence electrons. The Morgan fingerprint density at radius 2 is 2.21 bits per heavy atom. The van der Waals surface area contributed by atoms with E-state index in [-0.39, 0.29) is 0 Å². The van der Waals surface area contributed by atoms with Crippen molar-refractivity contribution < 1.29 is 0 Å². The van der Waals surface area contributed by atoms with Crippen molar-refractivity contribution in [2.24, 2.45) is 0 Å². The fourth-order valence-corrected chi connectivity index (χ4v) is 2.38. The van der Waals surface area contributed by atoms with Gasteiger partial charge in [-0.05, 0) is 45.6 Å². The largest absolute Gasteiger partial charge is 0.354 e. The molecular weight excluding hydrogens is 238 g/mol. The summed E-state index contributed by atoms with van der Waals surface area (Å²) in [5.41, 5.74) is 1.01. The summed E-state index contributed by atoms with van der Waals surface area (Å²) in [7, 11) is 4.28. The van der Waals surface area contributed by atoms with Crippen molar-refractivity contribution in [3.05, 3.63) is 17.8 Å². The van der Waals surface area contributed by atoms with Gasteiger partial charge < -0.3 is 15.1 Å². The van der Waals surface area contributed by atoms with Crippen molar-refractivity contribution in [1.29, 1.82) is 0 Å². The van der Waals surface area contributed by atoms with E-state index in [1.54, 1.807) is 0 Å². The maximum atomic E-state index is 4.35. The molecule has 0 amide bonds. The Bertz CT molecular complexity index is 376. The molecule has 0 aromatic carbocycles. The molecule has 0 aliphatic carbocycles. The number of nitrogens with one attached hydrogen (secondary N) is 1. The van der Waals surface area contributed by atoms with Crippen molar-refractivity contribution in [3.63, 3.8) is 0 Å². The van der Waals surface area contributed by atoms with Crippen LogP contribution in [0.1, 0.15) is 25.5 Å². The predicted molar refractivity (Wildman–Crippen MR) is 78.3 cm³/mol. The van der Waals surface area contributed by atoms with Crippen molar-refractivity contribution >= 4 is 5.82 Å². The highest BCUT2D eigenvalue weighted by molar-refractivity contribution is 5.39. The molecule has 1 aliphatic rings. The SMILES string of the molecule is CCCNCc1ccc(N2CCC(N(C)C)C2)nn1.